The van der Waals surface area contributed by atoms with Crippen LogP contribution in [0.15, 0.2) is 4.99 Å². The molecule has 0 aromatic carbocycles. The third kappa shape index (κ3) is 8.50. The van der Waals surface area contributed by atoms with Gasteiger partial charge in [0.25, 0.3) is 0 Å². The van der Waals surface area contributed by atoms with Crippen molar-refractivity contribution < 1.29 is 9.53 Å². The van der Waals surface area contributed by atoms with Gasteiger partial charge in [0.15, 0.2) is 5.96 Å². The van der Waals surface area contributed by atoms with Crippen molar-refractivity contribution in [2.24, 2.45) is 10.9 Å². The van der Waals surface area contributed by atoms with Crippen LogP contribution in [0.5, 0.6) is 0 Å². The summed E-state index contributed by atoms with van der Waals surface area (Å²) in [7, 11) is 3.62. The lowest BCUT2D eigenvalue weighted by Crippen LogP contribution is -2.47. The van der Waals surface area contributed by atoms with Gasteiger partial charge in [-0.15, -0.1) is 24.0 Å². The van der Waals surface area contributed by atoms with Crippen LogP contribution < -0.4 is 5.32 Å². The summed E-state index contributed by atoms with van der Waals surface area (Å²) in [6, 6.07) is 0. The minimum atomic E-state index is -0.0795. The molecule has 0 atom stereocenters. The van der Waals surface area contributed by atoms with E-state index < -0.39 is 0 Å². The first-order valence-electron chi connectivity index (χ1n) is 8.92. The lowest BCUT2D eigenvalue weighted by atomic mass is 9.97. The zero-order chi connectivity index (χ0) is 17.1. The minimum absolute atomic E-state index is 0. The molecule has 0 spiro atoms. The lowest BCUT2D eigenvalue weighted by molar-refractivity contribution is -0.146. The van der Waals surface area contributed by atoms with Crippen LogP contribution in [-0.2, 0) is 9.53 Å². The topological polar surface area (TPSA) is 57.2 Å². The average Bonchev–Trinajstić information content (AvgIpc) is 2.58. The number of hydrogen-bond acceptors (Lipinski definition) is 4. The molecule has 1 fully saturated rings. The van der Waals surface area contributed by atoms with E-state index in [1.54, 1.807) is 0 Å². The number of carbonyl (C=O) groups is 1. The van der Waals surface area contributed by atoms with Crippen LogP contribution in [0.4, 0.5) is 0 Å². The smallest absolute Gasteiger partial charge is 0.308 e. The number of nitrogens with zero attached hydrogens (tertiary/aromatic N) is 3. The van der Waals surface area contributed by atoms with E-state index >= 15 is 0 Å². The van der Waals surface area contributed by atoms with E-state index in [1.165, 1.54) is 20.0 Å². The summed E-state index contributed by atoms with van der Waals surface area (Å²) >= 11 is 0. The highest BCUT2D eigenvalue weighted by atomic mass is 127. The summed E-state index contributed by atoms with van der Waals surface area (Å²) in [5.74, 6) is 0.933. The van der Waals surface area contributed by atoms with Gasteiger partial charge < -0.3 is 19.9 Å². The molecule has 142 valence electrons. The van der Waals surface area contributed by atoms with E-state index in [0.29, 0.717) is 0 Å². The number of likely N-dealkylation sites (N-methyl/N-ethyl adjacent to an activating group) is 1. The SMILES string of the molecule is CCCCN(C)CCN=C(NCC)N1CCC(C(=O)OC)CC1.I. The van der Waals surface area contributed by atoms with E-state index in [2.05, 4.69) is 36.0 Å². The van der Waals surface area contributed by atoms with Gasteiger partial charge in [-0.1, -0.05) is 13.3 Å². The molecule has 1 aliphatic rings. The van der Waals surface area contributed by atoms with Crippen LogP contribution in [-0.4, -0.2) is 75.2 Å². The molecule has 0 amide bonds. The van der Waals surface area contributed by atoms with Gasteiger partial charge in [-0.2, -0.15) is 0 Å². The van der Waals surface area contributed by atoms with Crippen molar-refractivity contribution in [1.82, 2.24) is 15.1 Å². The highest BCUT2D eigenvalue weighted by Gasteiger charge is 2.26. The van der Waals surface area contributed by atoms with Crippen LogP contribution >= 0.6 is 24.0 Å². The predicted octanol–water partition coefficient (Wildman–Crippen LogP) is 2.19. The van der Waals surface area contributed by atoms with Crippen molar-refractivity contribution in [1.29, 1.82) is 0 Å². The van der Waals surface area contributed by atoms with Crippen molar-refractivity contribution in [2.75, 3.05) is 53.4 Å². The van der Waals surface area contributed by atoms with E-state index in [-0.39, 0.29) is 35.9 Å². The van der Waals surface area contributed by atoms with Gasteiger partial charge in [0.2, 0.25) is 0 Å². The number of carbonyl (C=O) groups excluding carboxylic acids is 1. The normalized spacial score (nSPS) is 16.0. The number of hydrogen-bond donors (Lipinski definition) is 1. The van der Waals surface area contributed by atoms with Gasteiger partial charge in [0, 0.05) is 26.2 Å². The van der Waals surface area contributed by atoms with Gasteiger partial charge >= 0.3 is 5.97 Å². The number of likely N-dealkylation sites (tertiary alicyclic amines) is 1. The Labute approximate surface area is 164 Å². The first kappa shape index (κ1) is 23.4. The second kappa shape index (κ2) is 13.7. The van der Waals surface area contributed by atoms with Gasteiger partial charge in [-0.25, -0.2) is 0 Å². The third-order valence-corrected chi connectivity index (χ3v) is 4.30. The summed E-state index contributed by atoms with van der Waals surface area (Å²) in [4.78, 5) is 21.0. The van der Waals surface area contributed by atoms with Crippen LogP contribution in [0.2, 0.25) is 0 Å². The first-order chi connectivity index (χ1) is 11.1. The van der Waals surface area contributed by atoms with Crippen molar-refractivity contribution >= 4 is 35.9 Å². The van der Waals surface area contributed by atoms with Crippen molar-refractivity contribution in [3.8, 4) is 0 Å². The number of unbranched alkanes of at least 4 members (excludes halogenated alkanes) is 1. The van der Waals surface area contributed by atoms with Gasteiger partial charge in [-0.3, -0.25) is 9.79 Å². The Balaban J connectivity index is 0.00000529. The second-order valence-electron chi connectivity index (χ2n) is 6.18. The fourth-order valence-corrected chi connectivity index (χ4v) is 2.79. The molecule has 6 nitrogen and oxygen atoms in total. The van der Waals surface area contributed by atoms with Gasteiger partial charge in [0.1, 0.15) is 0 Å². The maximum absolute atomic E-state index is 11.6. The fourth-order valence-electron chi connectivity index (χ4n) is 2.79. The summed E-state index contributed by atoms with van der Waals surface area (Å²) < 4.78 is 4.85. The Hall–Kier alpha value is -0.570. The van der Waals surface area contributed by atoms with Crippen LogP contribution in [0.1, 0.15) is 39.5 Å². The molecule has 0 unspecified atom stereocenters. The van der Waals surface area contributed by atoms with Crippen LogP contribution in [0.3, 0.4) is 0 Å². The van der Waals surface area contributed by atoms with Crippen molar-refractivity contribution in [3.05, 3.63) is 0 Å². The zero-order valence-corrected chi connectivity index (χ0v) is 18.0. The van der Waals surface area contributed by atoms with Crippen LogP contribution in [0.25, 0.3) is 0 Å². The Morgan fingerprint density at radius 3 is 2.50 bits per heavy atom. The summed E-state index contributed by atoms with van der Waals surface area (Å²) in [5, 5.41) is 3.37. The van der Waals surface area contributed by atoms with Crippen molar-refractivity contribution in [2.45, 2.75) is 39.5 Å². The van der Waals surface area contributed by atoms with E-state index in [9.17, 15) is 4.79 Å². The molecule has 1 saturated heterocycles. The average molecular weight is 454 g/mol. The number of rotatable bonds is 8. The number of methoxy groups -OCH3 is 1. The highest BCUT2D eigenvalue weighted by Crippen LogP contribution is 2.18. The predicted molar refractivity (Wildman–Crippen MR) is 110 cm³/mol. The molecular formula is C17H35IN4O2. The molecule has 1 N–H and O–H groups in total. The molecule has 7 heteroatoms. The number of nitrogens with one attached hydrogen (secondary N) is 1. The van der Waals surface area contributed by atoms with Crippen LogP contribution in [0, 0.1) is 5.92 Å². The standard InChI is InChI=1S/C17H34N4O2.HI/c1-5-7-11-20(3)14-10-19-17(18-6-2)21-12-8-15(9-13-21)16(22)23-4;/h15H,5-14H2,1-4H3,(H,18,19);1H. The number of guanidine groups is 1. The number of aliphatic imine (C=N–C) groups is 1. The molecule has 24 heavy (non-hydrogen) atoms. The fraction of sp³-hybridized carbons (Fsp3) is 0.882. The Morgan fingerprint density at radius 1 is 1.29 bits per heavy atom. The third-order valence-electron chi connectivity index (χ3n) is 4.30. The number of ether oxygens (including phenoxy) is 1. The maximum Gasteiger partial charge on any atom is 0.308 e. The molecule has 0 aromatic heterocycles. The van der Waals surface area contributed by atoms with Gasteiger partial charge in [-0.05, 0) is 39.8 Å². The zero-order valence-electron chi connectivity index (χ0n) is 15.7. The minimum Gasteiger partial charge on any atom is -0.469 e. The largest absolute Gasteiger partial charge is 0.469 e. The Morgan fingerprint density at radius 2 is 1.96 bits per heavy atom. The molecule has 0 aliphatic carbocycles. The number of halogens is 1. The summed E-state index contributed by atoms with van der Waals surface area (Å²) in [6.45, 7) is 9.80. The maximum atomic E-state index is 11.6. The molecule has 1 heterocycles. The van der Waals surface area contributed by atoms with E-state index in [1.807, 2.05) is 0 Å². The lowest BCUT2D eigenvalue weighted by Gasteiger charge is -2.33. The molecule has 0 bridgehead atoms. The summed E-state index contributed by atoms with van der Waals surface area (Å²) in [6.07, 6.45) is 4.15. The monoisotopic (exact) mass is 454 g/mol. The van der Waals surface area contributed by atoms with E-state index in [0.717, 1.165) is 58.1 Å². The Bertz CT molecular complexity index is 372. The second-order valence-corrected chi connectivity index (χ2v) is 6.18. The first-order valence-corrected chi connectivity index (χ1v) is 8.92. The molecule has 1 aliphatic heterocycles. The number of piperidine rings is 1. The van der Waals surface area contributed by atoms with Gasteiger partial charge in [0.05, 0.1) is 19.6 Å². The van der Waals surface area contributed by atoms with E-state index in [4.69, 9.17) is 9.73 Å². The van der Waals surface area contributed by atoms with Crippen molar-refractivity contribution in [3.63, 3.8) is 0 Å². The molecular weight excluding hydrogens is 419 g/mol. The summed E-state index contributed by atoms with van der Waals surface area (Å²) in [5.41, 5.74) is 0. The quantitative estimate of drug-likeness (QED) is 0.264. The number of esters is 1. The molecule has 1 rings (SSSR count). The highest BCUT2D eigenvalue weighted by molar-refractivity contribution is 14.0. The molecule has 0 aromatic rings. The Kier molecular flexibility index (Phi) is 13.4. The molecule has 0 saturated carbocycles. The molecule has 0 radical (unpaired) electrons.